The maximum atomic E-state index is 11.0. The Bertz CT molecular complexity index is 243. The molecule has 1 aliphatic heterocycles. The Morgan fingerprint density at radius 3 is 3.19 bits per heavy atom. The topological polar surface area (TPSA) is 64.8 Å². The minimum Gasteiger partial charge on any atom is -0.463 e. The van der Waals surface area contributed by atoms with Gasteiger partial charge in [-0.05, 0) is 6.92 Å². The SMILES string of the molecule is CCOC(=O)/C=C/CN1CCOC(CN)C1. The first-order chi connectivity index (χ1) is 7.76. The number of morpholine rings is 1. The van der Waals surface area contributed by atoms with Gasteiger partial charge in [0.2, 0.25) is 0 Å². The highest BCUT2D eigenvalue weighted by atomic mass is 16.5. The maximum Gasteiger partial charge on any atom is 0.330 e. The zero-order chi connectivity index (χ0) is 11.8. The Morgan fingerprint density at radius 2 is 2.50 bits per heavy atom. The Kier molecular flexibility index (Phi) is 6.07. The van der Waals surface area contributed by atoms with E-state index in [1.807, 2.05) is 6.08 Å². The number of carbonyl (C=O) groups is 1. The van der Waals surface area contributed by atoms with Crippen molar-refractivity contribution in [2.24, 2.45) is 5.73 Å². The molecule has 0 aromatic rings. The zero-order valence-corrected chi connectivity index (χ0v) is 9.72. The number of rotatable bonds is 5. The van der Waals surface area contributed by atoms with E-state index in [0.29, 0.717) is 19.8 Å². The van der Waals surface area contributed by atoms with E-state index in [-0.39, 0.29) is 12.1 Å². The summed E-state index contributed by atoms with van der Waals surface area (Å²) in [5.74, 6) is -0.286. The quantitative estimate of drug-likeness (QED) is 0.520. The second-order valence-corrected chi connectivity index (χ2v) is 3.64. The molecule has 1 heterocycles. The third-order valence-corrected chi connectivity index (χ3v) is 2.39. The summed E-state index contributed by atoms with van der Waals surface area (Å²) in [5, 5.41) is 0. The third-order valence-electron chi connectivity index (χ3n) is 2.39. The molecule has 0 spiro atoms. The lowest BCUT2D eigenvalue weighted by Crippen LogP contribution is -2.45. The Labute approximate surface area is 96.2 Å². The zero-order valence-electron chi connectivity index (χ0n) is 9.72. The molecule has 1 saturated heterocycles. The summed E-state index contributed by atoms with van der Waals surface area (Å²) in [6, 6.07) is 0. The second-order valence-electron chi connectivity index (χ2n) is 3.64. The van der Waals surface area contributed by atoms with Gasteiger partial charge in [0.15, 0.2) is 0 Å². The van der Waals surface area contributed by atoms with Gasteiger partial charge in [0.25, 0.3) is 0 Å². The Hall–Kier alpha value is -0.910. The van der Waals surface area contributed by atoms with Crippen molar-refractivity contribution in [2.45, 2.75) is 13.0 Å². The van der Waals surface area contributed by atoms with Crippen LogP contribution >= 0.6 is 0 Å². The lowest BCUT2D eigenvalue weighted by atomic mass is 10.2. The van der Waals surface area contributed by atoms with Gasteiger partial charge in [-0.2, -0.15) is 0 Å². The van der Waals surface area contributed by atoms with Gasteiger partial charge in [0.1, 0.15) is 0 Å². The fourth-order valence-corrected chi connectivity index (χ4v) is 1.58. The Balaban J connectivity index is 2.23. The fraction of sp³-hybridized carbons (Fsp3) is 0.727. The van der Waals surface area contributed by atoms with Crippen molar-refractivity contribution in [3.8, 4) is 0 Å². The number of ether oxygens (including phenoxy) is 2. The largest absolute Gasteiger partial charge is 0.463 e. The van der Waals surface area contributed by atoms with Gasteiger partial charge < -0.3 is 15.2 Å². The third kappa shape index (κ3) is 4.74. The van der Waals surface area contributed by atoms with E-state index in [4.69, 9.17) is 15.2 Å². The lowest BCUT2D eigenvalue weighted by Gasteiger charge is -2.31. The number of esters is 1. The average molecular weight is 228 g/mol. The molecule has 92 valence electrons. The maximum absolute atomic E-state index is 11.0. The van der Waals surface area contributed by atoms with E-state index >= 15 is 0 Å². The molecule has 16 heavy (non-hydrogen) atoms. The van der Waals surface area contributed by atoms with Crippen molar-refractivity contribution in [3.63, 3.8) is 0 Å². The van der Waals surface area contributed by atoms with E-state index in [9.17, 15) is 4.79 Å². The van der Waals surface area contributed by atoms with Gasteiger partial charge in [-0.1, -0.05) is 6.08 Å². The number of carbonyl (C=O) groups excluding carboxylic acids is 1. The monoisotopic (exact) mass is 228 g/mol. The van der Waals surface area contributed by atoms with E-state index in [2.05, 4.69) is 4.90 Å². The lowest BCUT2D eigenvalue weighted by molar-refractivity contribution is -0.137. The molecule has 0 radical (unpaired) electrons. The van der Waals surface area contributed by atoms with Crippen molar-refractivity contribution in [1.29, 1.82) is 0 Å². The molecule has 0 bridgehead atoms. The van der Waals surface area contributed by atoms with Crippen molar-refractivity contribution in [3.05, 3.63) is 12.2 Å². The Morgan fingerprint density at radius 1 is 1.69 bits per heavy atom. The average Bonchev–Trinajstić information content (AvgIpc) is 2.30. The smallest absolute Gasteiger partial charge is 0.330 e. The van der Waals surface area contributed by atoms with Gasteiger partial charge >= 0.3 is 5.97 Å². The summed E-state index contributed by atoms with van der Waals surface area (Å²) in [6.07, 6.45) is 3.40. The van der Waals surface area contributed by atoms with Crippen molar-refractivity contribution in [2.75, 3.05) is 39.4 Å². The van der Waals surface area contributed by atoms with Gasteiger partial charge in [-0.3, -0.25) is 4.90 Å². The van der Waals surface area contributed by atoms with Gasteiger partial charge in [-0.25, -0.2) is 4.79 Å². The summed E-state index contributed by atoms with van der Waals surface area (Å²) in [7, 11) is 0. The van der Waals surface area contributed by atoms with Crippen LogP contribution in [0.5, 0.6) is 0 Å². The number of nitrogens with two attached hydrogens (primary N) is 1. The van der Waals surface area contributed by atoms with Crippen LogP contribution in [0.2, 0.25) is 0 Å². The molecule has 1 unspecified atom stereocenters. The summed E-state index contributed by atoms with van der Waals surface area (Å²) in [4.78, 5) is 13.2. The van der Waals surface area contributed by atoms with E-state index < -0.39 is 0 Å². The minimum atomic E-state index is -0.286. The molecule has 5 nitrogen and oxygen atoms in total. The van der Waals surface area contributed by atoms with Crippen LogP contribution in [0.3, 0.4) is 0 Å². The van der Waals surface area contributed by atoms with Crippen LogP contribution in [-0.2, 0) is 14.3 Å². The van der Waals surface area contributed by atoms with Crippen LogP contribution in [-0.4, -0.2) is 56.4 Å². The molecule has 1 atom stereocenters. The van der Waals surface area contributed by atoms with Crippen LogP contribution in [0.1, 0.15) is 6.92 Å². The molecule has 1 rings (SSSR count). The molecule has 2 N–H and O–H groups in total. The summed E-state index contributed by atoms with van der Waals surface area (Å²) in [5.41, 5.74) is 5.54. The highest BCUT2D eigenvalue weighted by molar-refractivity contribution is 5.81. The second kappa shape index (κ2) is 7.38. The number of nitrogens with zero attached hydrogens (tertiary/aromatic N) is 1. The molecule has 1 fully saturated rings. The van der Waals surface area contributed by atoms with Crippen molar-refractivity contribution < 1.29 is 14.3 Å². The van der Waals surface area contributed by atoms with Gasteiger partial charge in [0.05, 0.1) is 19.3 Å². The van der Waals surface area contributed by atoms with E-state index in [1.165, 1.54) is 6.08 Å². The standard InChI is InChI=1S/C11H20N2O3/c1-2-15-11(14)4-3-5-13-6-7-16-10(8-12)9-13/h3-4,10H,2,5-9,12H2,1H3/b4-3+. The summed E-state index contributed by atoms with van der Waals surface area (Å²) < 4.78 is 10.2. The van der Waals surface area contributed by atoms with Crippen LogP contribution < -0.4 is 5.73 Å². The predicted molar refractivity (Wildman–Crippen MR) is 61.0 cm³/mol. The molecule has 0 saturated carbocycles. The molecule has 0 aromatic carbocycles. The van der Waals surface area contributed by atoms with Crippen LogP contribution in [0.4, 0.5) is 0 Å². The molecular weight excluding hydrogens is 208 g/mol. The molecular formula is C11H20N2O3. The highest BCUT2D eigenvalue weighted by Crippen LogP contribution is 2.03. The van der Waals surface area contributed by atoms with Crippen LogP contribution in [0, 0.1) is 0 Å². The normalized spacial score (nSPS) is 22.5. The predicted octanol–water partition coefficient (Wildman–Crippen LogP) is -0.235. The van der Waals surface area contributed by atoms with Crippen LogP contribution in [0.25, 0.3) is 0 Å². The van der Waals surface area contributed by atoms with E-state index in [0.717, 1.165) is 19.6 Å². The number of hydrogen-bond acceptors (Lipinski definition) is 5. The molecule has 0 amide bonds. The van der Waals surface area contributed by atoms with Crippen molar-refractivity contribution in [1.82, 2.24) is 4.90 Å². The first-order valence-electron chi connectivity index (χ1n) is 5.63. The van der Waals surface area contributed by atoms with E-state index in [1.54, 1.807) is 6.92 Å². The molecule has 5 heteroatoms. The minimum absolute atomic E-state index is 0.116. The molecule has 0 aliphatic carbocycles. The highest BCUT2D eigenvalue weighted by Gasteiger charge is 2.17. The molecule has 0 aromatic heterocycles. The summed E-state index contributed by atoms with van der Waals surface area (Å²) >= 11 is 0. The molecule has 1 aliphatic rings. The fourth-order valence-electron chi connectivity index (χ4n) is 1.58. The van der Waals surface area contributed by atoms with Crippen molar-refractivity contribution >= 4 is 5.97 Å². The van der Waals surface area contributed by atoms with Gasteiger partial charge in [0, 0.05) is 32.3 Å². The first kappa shape index (κ1) is 13.2. The first-order valence-corrected chi connectivity index (χ1v) is 5.63. The van der Waals surface area contributed by atoms with Gasteiger partial charge in [-0.15, -0.1) is 0 Å². The van der Waals surface area contributed by atoms with Crippen LogP contribution in [0.15, 0.2) is 12.2 Å². The summed E-state index contributed by atoms with van der Waals surface area (Å²) in [6.45, 7) is 5.88. The number of hydrogen-bond donors (Lipinski definition) is 1.